The van der Waals surface area contributed by atoms with Crippen molar-refractivity contribution in [2.45, 2.75) is 38.3 Å². The van der Waals surface area contributed by atoms with Crippen LogP contribution in [0.25, 0.3) is 10.2 Å². The van der Waals surface area contributed by atoms with E-state index in [9.17, 15) is 18.9 Å². The van der Waals surface area contributed by atoms with E-state index in [-0.39, 0.29) is 22.8 Å². The second-order valence-electron chi connectivity index (χ2n) is 6.22. The van der Waals surface area contributed by atoms with Crippen LogP contribution in [-0.4, -0.2) is 15.1 Å². The van der Waals surface area contributed by atoms with Gasteiger partial charge < -0.3 is 0 Å². The lowest BCUT2D eigenvalue weighted by Gasteiger charge is -2.06. The molecule has 7 heteroatoms. The number of terminal acetylenes is 1. The molecule has 0 spiro atoms. The molecule has 0 amide bonds. The number of fused-ring (bicyclic) bond motifs is 1. The fraction of sp³-hybridized carbons (Fsp3) is 0.333. The van der Waals surface area contributed by atoms with Crippen molar-refractivity contribution in [2.75, 3.05) is 0 Å². The van der Waals surface area contributed by atoms with Crippen LogP contribution in [0.1, 0.15) is 37.3 Å². The Morgan fingerprint density at radius 2 is 2.08 bits per heavy atom. The number of rotatable bonds is 2. The standard InChI is InChI=1S/C18H14FN2O3S/c1-2-7-20-14-8-11(12(19)9-15(14)25-18(20)23)16-17(22)10-5-3-4-6-13(10)21(16)24/h1,8-9,16H,3-7H2/q+1. The van der Waals surface area contributed by atoms with Crippen LogP contribution in [0.5, 0.6) is 0 Å². The van der Waals surface area contributed by atoms with Crippen molar-refractivity contribution in [1.29, 1.82) is 0 Å². The summed E-state index contributed by atoms with van der Waals surface area (Å²) in [5, 5.41) is 0. The molecule has 0 saturated heterocycles. The van der Waals surface area contributed by atoms with Gasteiger partial charge in [0, 0.05) is 16.1 Å². The highest BCUT2D eigenvalue weighted by Crippen LogP contribution is 2.41. The summed E-state index contributed by atoms with van der Waals surface area (Å²) in [4.78, 5) is 37.0. The van der Waals surface area contributed by atoms with Crippen molar-refractivity contribution in [1.82, 2.24) is 4.57 Å². The number of carbonyl (C=O) groups excluding carboxylic acids is 1. The molecule has 1 aliphatic heterocycles. The normalized spacial score (nSPS) is 20.2. The van der Waals surface area contributed by atoms with E-state index >= 15 is 0 Å². The van der Waals surface area contributed by atoms with Gasteiger partial charge in [0.15, 0.2) is 0 Å². The number of nitrogens with zero attached hydrogens (tertiary/aromatic N) is 2. The SMILES string of the molecule is C#CCn1c(=O)sc2cc(F)c(C3C(=O)C4=C(CCCC4)[N+]3=O)cc21. The number of thiazole rings is 1. The van der Waals surface area contributed by atoms with Crippen LogP contribution in [-0.2, 0) is 11.3 Å². The summed E-state index contributed by atoms with van der Waals surface area (Å²) < 4.78 is 17.1. The molecule has 0 bridgehead atoms. The van der Waals surface area contributed by atoms with Crippen LogP contribution in [0.3, 0.4) is 0 Å². The molecule has 2 aromatic rings. The third-order valence-electron chi connectivity index (χ3n) is 4.82. The van der Waals surface area contributed by atoms with E-state index < -0.39 is 11.9 Å². The van der Waals surface area contributed by atoms with Crippen molar-refractivity contribution in [3.63, 3.8) is 0 Å². The first-order chi connectivity index (χ1) is 12.0. The topological polar surface area (TPSA) is 59.1 Å². The fourth-order valence-electron chi connectivity index (χ4n) is 3.64. The number of ketones is 1. The van der Waals surface area contributed by atoms with Crippen LogP contribution in [0.15, 0.2) is 28.2 Å². The van der Waals surface area contributed by atoms with Gasteiger partial charge >= 0.3 is 4.87 Å². The Kier molecular flexibility index (Phi) is 3.65. The summed E-state index contributed by atoms with van der Waals surface area (Å²) in [6.45, 7) is 0.0539. The highest BCUT2D eigenvalue weighted by atomic mass is 32.1. The zero-order chi connectivity index (χ0) is 17.7. The van der Waals surface area contributed by atoms with Gasteiger partial charge in [-0.2, -0.15) is 0 Å². The Morgan fingerprint density at radius 3 is 2.80 bits per heavy atom. The largest absolute Gasteiger partial charge is 0.309 e. The van der Waals surface area contributed by atoms with E-state index in [0.29, 0.717) is 39.1 Å². The Labute approximate surface area is 146 Å². The predicted molar refractivity (Wildman–Crippen MR) is 91.7 cm³/mol. The fourth-order valence-corrected chi connectivity index (χ4v) is 4.54. The summed E-state index contributed by atoms with van der Waals surface area (Å²) in [7, 11) is 0. The molecule has 0 fully saturated rings. The van der Waals surface area contributed by atoms with Gasteiger partial charge in [-0.15, -0.1) is 6.42 Å². The quantitative estimate of drug-likeness (QED) is 0.613. The number of carbonyl (C=O) groups is 1. The summed E-state index contributed by atoms with van der Waals surface area (Å²) in [5.41, 5.74) is 1.46. The number of hydrogen-bond acceptors (Lipinski definition) is 4. The lowest BCUT2D eigenvalue weighted by atomic mass is 9.93. The van der Waals surface area contributed by atoms with Crippen LogP contribution in [0.2, 0.25) is 0 Å². The van der Waals surface area contributed by atoms with Crippen LogP contribution >= 0.6 is 11.3 Å². The summed E-state index contributed by atoms with van der Waals surface area (Å²) in [6.07, 6.45) is 8.12. The monoisotopic (exact) mass is 357 g/mol. The van der Waals surface area contributed by atoms with Crippen molar-refractivity contribution in [3.8, 4) is 12.3 Å². The molecule has 0 N–H and O–H groups in total. The van der Waals surface area contributed by atoms with E-state index in [1.54, 1.807) is 0 Å². The van der Waals surface area contributed by atoms with Gasteiger partial charge in [-0.25, -0.2) is 4.39 Å². The molecule has 4 rings (SSSR count). The molecular weight excluding hydrogens is 343 g/mol. The molecular formula is C18H14FN2O3S+. The van der Waals surface area contributed by atoms with Gasteiger partial charge in [0.05, 0.1) is 27.9 Å². The third kappa shape index (κ3) is 2.29. The zero-order valence-electron chi connectivity index (χ0n) is 13.3. The molecule has 1 atom stereocenters. The van der Waals surface area contributed by atoms with Crippen molar-refractivity contribution < 1.29 is 13.9 Å². The Morgan fingerprint density at radius 1 is 1.32 bits per heavy atom. The van der Waals surface area contributed by atoms with Crippen LogP contribution in [0.4, 0.5) is 4.39 Å². The minimum absolute atomic E-state index is 0.00507. The molecule has 5 nitrogen and oxygen atoms in total. The van der Waals surface area contributed by atoms with E-state index in [2.05, 4.69) is 5.92 Å². The predicted octanol–water partition coefficient (Wildman–Crippen LogP) is 3.07. The summed E-state index contributed by atoms with van der Waals surface area (Å²) >= 11 is 0.891. The lowest BCUT2D eigenvalue weighted by molar-refractivity contribution is -0.527. The number of halogens is 1. The van der Waals surface area contributed by atoms with E-state index in [1.165, 1.54) is 16.7 Å². The van der Waals surface area contributed by atoms with Gasteiger partial charge in [-0.05, 0) is 31.4 Å². The average Bonchev–Trinajstić information content (AvgIpc) is 3.03. The minimum atomic E-state index is -1.21. The molecule has 1 unspecified atom stereocenters. The Balaban J connectivity index is 1.87. The number of aromatic nitrogens is 1. The maximum absolute atomic E-state index is 14.6. The first-order valence-corrected chi connectivity index (χ1v) is 8.83. The maximum Gasteiger partial charge on any atom is 0.309 e. The van der Waals surface area contributed by atoms with Crippen molar-refractivity contribution in [3.05, 3.63) is 49.4 Å². The molecule has 2 aliphatic rings. The lowest BCUT2D eigenvalue weighted by Crippen LogP contribution is -2.18. The van der Waals surface area contributed by atoms with E-state index in [4.69, 9.17) is 6.42 Å². The van der Waals surface area contributed by atoms with E-state index in [0.717, 1.165) is 24.2 Å². The van der Waals surface area contributed by atoms with Crippen LogP contribution < -0.4 is 4.87 Å². The first kappa shape index (κ1) is 15.9. The number of allylic oxidation sites excluding steroid dienone is 1. The average molecular weight is 357 g/mol. The van der Waals surface area contributed by atoms with E-state index in [1.807, 2.05) is 0 Å². The summed E-state index contributed by atoms with van der Waals surface area (Å²) in [6, 6.07) is 1.43. The second kappa shape index (κ2) is 5.74. The van der Waals surface area contributed by atoms with Gasteiger partial charge in [0.2, 0.25) is 11.5 Å². The molecule has 1 aromatic carbocycles. The molecule has 1 aromatic heterocycles. The van der Waals surface area contributed by atoms with Gasteiger partial charge in [0.1, 0.15) is 5.82 Å². The second-order valence-corrected chi connectivity index (χ2v) is 7.22. The third-order valence-corrected chi connectivity index (χ3v) is 5.76. The number of nitroso groups, excluding NO2 is 1. The minimum Gasteiger partial charge on any atom is -0.287 e. The highest BCUT2D eigenvalue weighted by Gasteiger charge is 2.51. The first-order valence-electron chi connectivity index (χ1n) is 8.01. The number of Topliss-reactive ketones (excluding diaryl/α,β-unsaturated/α-hetero) is 1. The zero-order valence-corrected chi connectivity index (χ0v) is 14.1. The molecule has 0 radical (unpaired) electrons. The van der Waals surface area contributed by atoms with Gasteiger partial charge in [-0.3, -0.25) is 14.2 Å². The Hall–Kier alpha value is -2.59. The molecule has 1 aliphatic carbocycles. The number of hydrogen-bond donors (Lipinski definition) is 0. The van der Waals surface area contributed by atoms with Crippen LogP contribution in [0, 0.1) is 23.1 Å². The van der Waals surface area contributed by atoms with Gasteiger partial charge in [-0.1, -0.05) is 17.3 Å². The maximum atomic E-state index is 14.6. The Bertz CT molecular complexity index is 1040. The smallest absolute Gasteiger partial charge is 0.287 e. The molecule has 126 valence electrons. The van der Waals surface area contributed by atoms with Gasteiger partial charge in [0.25, 0.3) is 6.04 Å². The molecule has 0 saturated carbocycles. The summed E-state index contributed by atoms with van der Waals surface area (Å²) in [5.74, 6) is 1.41. The molecule has 2 heterocycles. The highest BCUT2D eigenvalue weighted by molar-refractivity contribution is 7.16. The van der Waals surface area contributed by atoms with Crippen molar-refractivity contribution >= 4 is 27.3 Å². The number of benzene rings is 1. The van der Waals surface area contributed by atoms with Crippen molar-refractivity contribution in [2.24, 2.45) is 0 Å². The molecule has 25 heavy (non-hydrogen) atoms.